The summed E-state index contributed by atoms with van der Waals surface area (Å²) in [4.78, 5) is 37.7. The first-order chi connectivity index (χ1) is 23.2. The van der Waals surface area contributed by atoms with Gasteiger partial charge in [0.1, 0.15) is 17.9 Å². The van der Waals surface area contributed by atoms with Crippen LogP contribution in [0.25, 0.3) is 16.7 Å². The van der Waals surface area contributed by atoms with Gasteiger partial charge in [0.15, 0.2) is 5.82 Å². The number of pyridine rings is 1. The average molecular weight is 671 g/mol. The van der Waals surface area contributed by atoms with E-state index in [1.807, 2.05) is 50.2 Å². The Bertz CT molecular complexity index is 1970. The normalized spacial score (nSPS) is 18.2. The first-order valence-corrected chi connectivity index (χ1v) is 16.2. The number of amides is 2. The number of fused-ring (bicyclic) bond motifs is 4. The van der Waals surface area contributed by atoms with E-state index in [0.29, 0.717) is 60.2 Å². The maximum atomic E-state index is 14.8. The van der Waals surface area contributed by atoms with Crippen molar-refractivity contribution in [2.75, 3.05) is 17.2 Å². The molecule has 0 saturated heterocycles. The summed E-state index contributed by atoms with van der Waals surface area (Å²) in [5.41, 5.74) is 4.10. The maximum absolute atomic E-state index is 14.8. The highest BCUT2D eigenvalue weighted by Crippen LogP contribution is 2.38. The standard InChI is InChI=1S/C36H33ClF2N6O3/c1-3-27-36(48-31(43-27)11-14-40)42-23-7-8-24-21-12-15-41-29(17-21)30(6-4-5-20(2)35(47)44-28(24)19-23)45-16-13-22(18-32(45)46)33-26(38)10-9-25(37)34(33)39/h7-10,12,15,17-20,30,42H,3-6,11,13,16H2,1-2H3,(H,44,47). The van der Waals surface area contributed by atoms with Crippen LogP contribution >= 0.6 is 11.6 Å². The lowest BCUT2D eigenvalue weighted by atomic mass is 9.92. The third-order valence-electron chi connectivity index (χ3n) is 8.78. The van der Waals surface area contributed by atoms with Crippen LogP contribution in [0.15, 0.2) is 59.2 Å². The summed E-state index contributed by atoms with van der Waals surface area (Å²) in [5, 5.41) is 15.2. The highest BCUT2D eigenvalue weighted by Gasteiger charge is 2.31. The van der Waals surface area contributed by atoms with Crippen LogP contribution in [0.2, 0.25) is 5.02 Å². The van der Waals surface area contributed by atoms with E-state index in [-0.39, 0.29) is 53.3 Å². The molecule has 4 aromatic rings. The molecule has 4 heterocycles. The first-order valence-electron chi connectivity index (χ1n) is 15.9. The minimum atomic E-state index is -0.885. The number of carbonyl (C=O) groups excluding carboxylic acids is 2. The molecule has 2 bridgehead atoms. The molecule has 2 amide bonds. The molecule has 2 aromatic heterocycles. The summed E-state index contributed by atoms with van der Waals surface area (Å²) in [7, 11) is 0. The number of aromatic nitrogens is 2. The van der Waals surface area contributed by atoms with Crippen molar-refractivity contribution >= 4 is 46.2 Å². The van der Waals surface area contributed by atoms with Crippen LogP contribution in [0.5, 0.6) is 0 Å². The van der Waals surface area contributed by atoms with Crippen molar-refractivity contribution in [2.24, 2.45) is 5.92 Å². The fraction of sp³-hybridized carbons (Fsp3) is 0.306. The Balaban J connectivity index is 1.35. The fourth-order valence-corrected chi connectivity index (χ4v) is 6.40. The van der Waals surface area contributed by atoms with E-state index in [4.69, 9.17) is 21.3 Å². The summed E-state index contributed by atoms with van der Waals surface area (Å²) in [6.45, 7) is 4.04. The number of rotatable bonds is 6. The zero-order valence-corrected chi connectivity index (χ0v) is 27.2. The Kier molecular flexibility index (Phi) is 9.55. The summed E-state index contributed by atoms with van der Waals surface area (Å²) >= 11 is 5.92. The van der Waals surface area contributed by atoms with Crippen molar-refractivity contribution in [3.05, 3.63) is 94.2 Å². The molecule has 12 heteroatoms. The van der Waals surface area contributed by atoms with Gasteiger partial charge in [-0.3, -0.25) is 14.6 Å². The molecule has 2 atom stereocenters. The van der Waals surface area contributed by atoms with Crippen LogP contribution in [0.4, 0.5) is 26.0 Å². The van der Waals surface area contributed by atoms with Gasteiger partial charge in [-0.15, -0.1) is 0 Å². The second-order valence-electron chi connectivity index (χ2n) is 11.9. The molecule has 2 aromatic carbocycles. The highest BCUT2D eigenvalue weighted by atomic mass is 35.5. The topological polar surface area (TPSA) is 124 Å². The maximum Gasteiger partial charge on any atom is 0.247 e. The van der Waals surface area contributed by atoms with E-state index in [2.05, 4.69) is 20.6 Å². The van der Waals surface area contributed by atoms with Gasteiger partial charge in [-0.1, -0.05) is 37.9 Å². The summed E-state index contributed by atoms with van der Waals surface area (Å²) in [6, 6.07) is 13.2. The molecule has 2 aliphatic rings. The molecular weight excluding hydrogens is 638 g/mol. The van der Waals surface area contributed by atoms with Crippen molar-refractivity contribution in [1.29, 1.82) is 5.26 Å². The lowest BCUT2D eigenvalue weighted by Gasteiger charge is -2.34. The molecular formula is C36H33ClF2N6O3. The highest BCUT2D eigenvalue weighted by molar-refractivity contribution is 6.31. The van der Waals surface area contributed by atoms with Crippen molar-refractivity contribution in [3.63, 3.8) is 0 Å². The number of nitrogens with one attached hydrogen (secondary N) is 2. The number of nitriles is 1. The molecule has 0 spiro atoms. The Morgan fingerprint density at radius 1 is 1.17 bits per heavy atom. The van der Waals surface area contributed by atoms with Crippen molar-refractivity contribution in [3.8, 4) is 17.2 Å². The van der Waals surface area contributed by atoms with Crippen LogP contribution in [-0.2, 0) is 22.4 Å². The zero-order chi connectivity index (χ0) is 33.9. The SMILES string of the molecule is CCc1nc(CC#N)oc1Nc1ccc2c(c1)NC(=O)C(C)CCCC(N1CCC(c3c(F)ccc(Cl)c3F)=CC1=O)c1cc-2ccn1. The summed E-state index contributed by atoms with van der Waals surface area (Å²) in [6.07, 6.45) is 5.59. The average Bonchev–Trinajstić information content (AvgIpc) is 3.46. The third kappa shape index (κ3) is 6.66. The van der Waals surface area contributed by atoms with Gasteiger partial charge in [-0.25, -0.2) is 13.8 Å². The predicted octanol–water partition coefficient (Wildman–Crippen LogP) is 8.16. The molecule has 9 nitrogen and oxygen atoms in total. The van der Waals surface area contributed by atoms with E-state index >= 15 is 0 Å². The lowest BCUT2D eigenvalue weighted by Crippen LogP contribution is -2.38. The van der Waals surface area contributed by atoms with E-state index < -0.39 is 17.7 Å². The number of carbonyl (C=O) groups is 2. The second-order valence-corrected chi connectivity index (χ2v) is 12.3. The van der Waals surface area contributed by atoms with Gasteiger partial charge in [-0.05, 0) is 73.2 Å². The monoisotopic (exact) mass is 670 g/mol. The minimum Gasteiger partial charge on any atom is -0.424 e. The van der Waals surface area contributed by atoms with E-state index in [1.165, 1.54) is 6.08 Å². The van der Waals surface area contributed by atoms with Gasteiger partial charge in [0, 0.05) is 36.0 Å². The molecule has 2 aliphatic heterocycles. The Hall–Kier alpha value is -5.08. The molecule has 0 radical (unpaired) electrons. The Labute approximate surface area is 281 Å². The van der Waals surface area contributed by atoms with E-state index in [0.717, 1.165) is 23.3 Å². The van der Waals surface area contributed by atoms with Crippen LogP contribution in [0.1, 0.15) is 68.4 Å². The second kappa shape index (κ2) is 14.0. The first kappa shape index (κ1) is 32.8. The summed E-state index contributed by atoms with van der Waals surface area (Å²) < 4.78 is 35.2. The van der Waals surface area contributed by atoms with Crippen LogP contribution in [0.3, 0.4) is 0 Å². The smallest absolute Gasteiger partial charge is 0.247 e. The largest absolute Gasteiger partial charge is 0.424 e. The molecule has 0 fully saturated rings. The van der Waals surface area contributed by atoms with E-state index in [9.17, 15) is 18.4 Å². The number of oxazole rings is 1. The third-order valence-corrected chi connectivity index (χ3v) is 9.07. The van der Waals surface area contributed by atoms with Crippen molar-refractivity contribution < 1.29 is 22.8 Å². The number of hydrogen-bond donors (Lipinski definition) is 2. The number of nitrogens with zero attached hydrogens (tertiary/aromatic N) is 4. The quantitative estimate of drug-likeness (QED) is 0.198. The van der Waals surface area contributed by atoms with Gasteiger partial charge < -0.3 is 20.0 Å². The Morgan fingerprint density at radius 3 is 2.77 bits per heavy atom. The number of aryl methyl sites for hydroxylation is 1. The van der Waals surface area contributed by atoms with Crippen LogP contribution in [-0.4, -0.2) is 33.2 Å². The van der Waals surface area contributed by atoms with Crippen LogP contribution < -0.4 is 10.6 Å². The number of hydrogen-bond acceptors (Lipinski definition) is 7. The minimum absolute atomic E-state index is 0.0532. The summed E-state index contributed by atoms with van der Waals surface area (Å²) in [5.74, 6) is -1.74. The number of halogens is 3. The molecule has 0 saturated carbocycles. The molecule has 48 heavy (non-hydrogen) atoms. The van der Waals surface area contributed by atoms with Gasteiger partial charge in [0.2, 0.25) is 23.6 Å². The van der Waals surface area contributed by atoms with Gasteiger partial charge in [0.05, 0.1) is 34.1 Å². The van der Waals surface area contributed by atoms with Crippen LogP contribution in [0, 0.1) is 28.9 Å². The molecule has 2 N–H and O–H groups in total. The lowest BCUT2D eigenvalue weighted by molar-refractivity contribution is -0.129. The van der Waals surface area contributed by atoms with Gasteiger partial charge in [0.25, 0.3) is 0 Å². The van der Waals surface area contributed by atoms with Crippen molar-refractivity contribution in [1.82, 2.24) is 14.9 Å². The number of benzene rings is 2. The molecule has 246 valence electrons. The molecule has 6 rings (SSSR count). The van der Waals surface area contributed by atoms with Gasteiger partial charge >= 0.3 is 0 Å². The van der Waals surface area contributed by atoms with Gasteiger partial charge in [-0.2, -0.15) is 5.26 Å². The predicted molar refractivity (Wildman–Crippen MR) is 178 cm³/mol. The van der Waals surface area contributed by atoms with Crippen molar-refractivity contribution in [2.45, 2.75) is 58.4 Å². The number of anilines is 3. The zero-order valence-electron chi connectivity index (χ0n) is 26.4. The Morgan fingerprint density at radius 2 is 2.00 bits per heavy atom. The van der Waals surface area contributed by atoms with E-state index in [1.54, 1.807) is 11.1 Å². The molecule has 2 unspecified atom stereocenters. The molecule has 0 aliphatic carbocycles. The fourth-order valence-electron chi connectivity index (χ4n) is 6.24.